The first-order chi connectivity index (χ1) is 11.6. The van der Waals surface area contributed by atoms with Crippen molar-refractivity contribution >= 4 is 11.6 Å². The van der Waals surface area contributed by atoms with Gasteiger partial charge in [0.05, 0.1) is 6.42 Å². The topological polar surface area (TPSA) is 47.6 Å². The fourth-order valence-electron chi connectivity index (χ4n) is 3.28. The molecule has 2 aliphatic rings. The van der Waals surface area contributed by atoms with Crippen LogP contribution in [0, 0.1) is 5.82 Å². The lowest BCUT2D eigenvalue weighted by atomic mass is 10.1. The van der Waals surface area contributed by atoms with Crippen LogP contribution in [0.2, 0.25) is 0 Å². The molecule has 1 heterocycles. The van der Waals surface area contributed by atoms with Crippen molar-refractivity contribution < 1.29 is 18.7 Å². The first kappa shape index (κ1) is 15.0. The highest BCUT2D eigenvalue weighted by Crippen LogP contribution is 2.47. The van der Waals surface area contributed by atoms with Crippen molar-refractivity contribution in [2.45, 2.75) is 37.9 Å². The number of carbonyl (C=O) groups is 1. The van der Waals surface area contributed by atoms with Crippen molar-refractivity contribution in [3.63, 3.8) is 0 Å². The lowest BCUT2D eigenvalue weighted by Gasteiger charge is -2.21. The van der Waals surface area contributed by atoms with E-state index in [-0.39, 0.29) is 18.1 Å². The van der Waals surface area contributed by atoms with Crippen LogP contribution >= 0.6 is 0 Å². The first-order valence-corrected chi connectivity index (χ1v) is 8.18. The van der Waals surface area contributed by atoms with E-state index in [2.05, 4.69) is 5.32 Å². The van der Waals surface area contributed by atoms with Crippen LogP contribution in [0.1, 0.15) is 31.2 Å². The van der Waals surface area contributed by atoms with E-state index in [1.54, 1.807) is 24.3 Å². The number of fused-ring (bicyclic) bond motifs is 1. The summed E-state index contributed by atoms with van der Waals surface area (Å²) in [7, 11) is 0. The van der Waals surface area contributed by atoms with Crippen LogP contribution in [0.4, 0.5) is 10.1 Å². The smallest absolute Gasteiger partial charge is 0.251 e. The first-order valence-electron chi connectivity index (χ1n) is 8.18. The third-order valence-electron chi connectivity index (χ3n) is 4.46. The summed E-state index contributed by atoms with van der Waals surface area (Å²) in [6, 6.07) is 11.4. The predicted octanol–water partition coefficient (Wildman–Crippen LogP) is 4.05. The SMILES string of the molecule is O=C(Cc1ccc(F)cc1)Nc1ccc2c(c1)OC1(CCCC1)O2. The van der Waals surface area contributed by atoms with Gasteiger partial charge >= 0.3 is 0 Å². The molecule has 0 aromatic heterocycles. The van der Waals surface area contributed by atoms with Gasteiger partial charge in [-0.1, -0.05) is 12.1 Å². The number of rotatable bonds is 3. The second-order valence-electron chi connectivity index (χ2n) is 6.33. The number of benzene rings is 2. The molecule has 1 aliphatic heterocycles. The molecule has 1 fully saturated rings. The number of hydrogen-bond acceptors (Lipinski definition) is 3. The highest BCUT2D eigenvalue weighted by molar-refractivity contribution is 5.92. The fraction of sp³-hybridized carbons (Fsp3) is 0.316. The van der Waals surface area contributed by atoms with Gasteiger partial charge in [0.1, 0.15) is 5.82 Å². The second-order valence-corrected chi connectivity index (χ2v) is 6.33. The Bertz CT molecular complexity index is 767. The molecule has 1 amide bonds. The van der Waals surface area contributed by atoms with Crippen molar-refractivity contribution in [3.05, 3.63) is 53.8 Å². The highest BCUT2D eigenvalue weighted by Gasteiger charge is 2.44. The molecule has 1 spiro atoms. The lowest BCUT2D eigenvalue weighted by Crippen LogP contribution is -2.34. The number of amides is 1. The van der Waals surface area contributed by atoms with Gasteiger partial charge in [0.15, 0.2) is 11.5 Å². The highest BCUT2D eigenvalue weighted by atomic mass is 19.1. The van der Waals surface area contributed by atoms with Gasteiger partial charge in [0.25, 0.3) is 5.79 Å². The third-order valence-corrected chi connectivity index (χ3v) is 4.46. The van der Waals surface area contributed by atoms with E-state index >= 15 is 0 Å². The maximum Gasteiger partial charge on any atom is 0.251 e. The predicted molar refractivity (Wildman–Crippen MR) is 87.6 cm³/mol. The van der Waals surface area contributed by atoms with Crippen LogP contribution in [0.3, 0.4) is 0 Å². The van der Waals surface area contributed by atoms with Gasteiger partial charge in [-0.2, -0.15) is 0 Å². The molecule has 0 atom stereocenters. The zero-order valence-corrected chi connectivity index (χ0v) is 13.2. The second kappa shape index (κ2) is 5.82. The van der Waals surface area contributed by atoms with Gasteiger partial charge in [-0.3, -0.25) is 4.79 Å². The molecule has 2 aromatic rings. The van der Waals surface area contributed by atoms with Gasteiger partial charge < -0.3 is 14.8 Å². The number of anilines is 1. The molecular weight excluding hydrogens is 309 g/mol. The van der Waals surface area contributed by atoms with Crippen LogP contribution in [0.15, 0.2) is 42.5 Å². The minimum absolute atomic E-state index is 0.156. The molecule has 1 aliphatic carbocycles. The molecule has 5 heteroatoms. The largest absolute Gasteiger partial charge is 0.448 e. The Morgan fingerprint density at radius 3 is 2.50 bits per heavy atom. The van der Waals surface area contributed by atoms with Gasteiger partial charge in [0, 0.05) is 24.6 Å². The Hall–Kier alpha value is -2.56. The molecule has 0 bridgehead atoms. The summed E-state index contributed by atoms with van der Waals surface area (Å²) < 4.78 is 24.8. The van der Waals surface area contributed by atoms with Crippen LogP contribution in [-0.2, 0) is 11.2 Å². The Kier molecular flexibility index (Phi) is 3.63. The minimum atomic E-state index is -0.501. The molecular formula is C19H18FNO3. The normalized spacial score (nSPS) is 17.2. The molecule has 0 unspecified atom stereocenters. The fourth-order valence-corrected chi connectivity index (χ4v) is 3.28. The van der Waals surface area contributed by atoms with E-state index in [1.807, 2.05) is 6.07 Å². The van der Waals surface area contributed by atoms with E-state index in [4.69, 9.17) is 9.47 Å². The number of carbonyl (C=O) groups excluding carboxylic acids is 1. The summed E-state index contributed by atoms with van der Waals surface area (Å²) in [6.07, 6.45) is 4.20. The van der Waals surface area contributed by atoms with Gasteiger partial charge in [0.2, 0.25) is 5.91 Å². The average Bonchev–Trinajstić information content (AvgIpc) is 3.15. The molecule has 0 saturated heterocycles. The van der Waals surface area contributed by atoms with Crippen LogP contribution in [-0.4, -0.2) is 11.7 Å². The summed E-state index contributed by atoms with van der Waals surface area (Å²) in [5.41, 5.74) is 1.43. The number of hydrogen-bond donors (Lipinski definition) is 1. The quantitative estimate of drug-likeness (QED) is 0.925. The van der Waals surface area contributed by atoms with Crippen molar-refractivity contribution in [1.82, 2.24) is 0 Å². The zero-order chi connectivity index (χ0) is 16.6. The summed E-state index contributed by atoms with van der Waals surface area (Å²) in [6.45, 7) is 0. The maximum absolute atomic E-state index is 12.9. The standard InChI is InChI=1S/C19H18FNO3/c20-14-5-3-13(4-6-14)11-18(22)21-15-7-8-16-17(12-15)24-19(23-16)9-1-2-10-19/h3-8,12H,1-2,9-11H2,(H,21,22). The Morgan fingerprint density at radius 2 is 1.75 bits per heavy atom. The summed E-state index contributed by atoms with van der Waals surface area (Å²) >= 11 is 0. The Morgan fingerprint density at radius 1 is 1.04 bits per heavy atom. The van der Waals surface area contributed by atoms with E-state index in [0.29, 0.717) is 11.4 Å². The van der Waals surface area contributed by atoms with Crippen molar-refractivity contribution in [3.8, 4) is 11.5 Å². The van der Waals surface area contributed by atoms with E-state index < -0.39 is 5.79 Å². The number of halogens is 1. The molecule has 4 nitrogen and oxygen atoms in total. The van der Waals surface area contributed by atoms with Gasteiger partial charge in [-0.25, -0.2) is 4.39 Å². The molecule has 0 radical (unpaired) electrons. The minimum Gasteiger partial charge on any atom is -0.448 e. The average molecular weight is 327 g/mol. The maximum atomic E-state index is 12.9. The zero-order valence-electron chi connectivity index (χ0n) is 13.2. The Balaban J connectivity index is 1.43. The van der Waals surface area contributed by atoms with E-state index in [1.165, 1.54) is 12.1 Å². The molecule has 2 aromatic carbocycles. The molecule has 4 rings (SSSR count). The van der Waals surface area contributed by atoms with Crippen LogP contribution in [0.25, 0.3) is 0 Å². The van der Waals surface area contributed by atoms with E-state index in [9.17, 15) is 9.18 Å². The molecule has 1 N–H and O–H groups in total. The third kappa shape index (κ3) is 2.94. The molecule has 1 saturated carbocycles. The van der Waals surface area contributed by atoms with Crippen molar-refractivity contribution in [2.75, 3.05) is 5.32 Å². The van der Waals surface area contributed by atoms with E-state index in [0.717, 1.165) is 37.0 Å². The number of ether oxygens (including phenoxy) is 2. The summed E-state index contributed by atoms with van der Waals surface area (Å²) in [4.78, 5) is 12.1. The van der Waals surface area contributed by atoms with Gasteiger partial charge in [-0.05, 0) is 42.7 Å². The van der Waals surface area contributed by atoms with Crippen LogP contribution in [0.5, 0.6) is 11.5 Å². The monoisotopic (exact) mass is 327 g/mol. The molecule has 124 valence electrons. The van der Waals surface area contributed by atoms with Crippen molar-refractivity contribution in [1.29, 1.82) is 0 Å². The summed E-state index contributed by atoms with van der Waals surface area (Å²) in [5.74, 6) is 0.441. The summed E-state index contributed by atoms with van der Waals surface area (Å²) in [5, 5.41) is 2.85. The van der Waals surface area contributed by atoms with Crippen LogP contribution < -0.4 is 14.8 Å². The molecule has 24 heavy (non-hydrogen) atoms. The van der Waals surface area contributed by atoms with Gasteiger partial charge in [-0.15, -0.1) is 0 Å². The lowest BCUT2D eigenvalue weighted by molar-refractivity contribution is -0.115. The Labute approximate surface area is 139 Å². The number of nitrogens with one attached hydrogen (secondary N) is 1. The van der Waals surface area contributed by atoms with Crippen molar-refractivity contribution in [2.24, 2.45) is 0 Å².